The van der Waals surface area contributed by atoms with Gasteiger partial charge in [-0.05, 0) is 24.1 Å². The van der Waals surface area contributed by atoms with Crippen molar-refractivity contribution >= 4 is 0 Å². The summed E-state index contributed by atoms with van der Waals surface area (Å²) in [5.41, 5.74) is 7.32. The largest absolute Gasteiger partial charge is 0.490 e. The molecule has 0 saturated heterocycles. The van der Waals surface area contributed by atoms with Crippen LogP contribution in [0.15, 0.2) is 18.2 Å². The Hall–Kier alpha value is -1.26. The van der Waals surface area contributed by atoms with Gasteiger partial charge in [-0.3, -0.25) is 0 Å². The number of methoxy groups -OCH3 is 1. The van der Waals surface area contributed by atoms with Crippen molar-refractivity contribution in [3.63, 3.8) is 0 Å². The molecule has 4 heteroatoms. The van der Waals surface area contributed by atoms with E-state index in [-0.39, 0.29) is 12.1 Å². The maximum Gasteiger partial charge on any atom is 0.161 e. The zero-order valence-corrected chi connectivity index (χ0v) is 11.7. The lowest BCUT2D eigenvalue weighted by molar-refractivity contribution is 0.0724. The molecule has 0 amide bonds. The van der Waals surface area contributed by atoms with Crippen molar-refractivity contribution in [1.82, 2.24) is 0 Å². The molecule has 1 aromatic rings. The van der Waals surface area contributed by atoms with Gasteiger partial charge in [0, 0.05) is 13.5 Å². The Labute approximate surface area is 114 Å². The molecule has 0 spiro atoms. The summed E-state index contributed by atoms with van der Waals surface area (Å²) < 4.78 is 16.8. The van der Waals surface area contributed by atoms with E-state index in [1.54, 1.807) is 7.11 Å². The standard InChI is InChI=1S/C15H23NO3/c1-3-5-13(17-2)15(16)11-6-7-12-14(10-11)19-9-4-8-18-12/h6-7,10,13,15H,3-5,8-9,16H2,1-2H3. The number of hydrogen-bond acceptors (Lipinski definition) is 4. The van der Waals surface area contributed by atoms with Crippen LogP contribution in [-0.4, -0.2) is 26.4 Å². The highest BCUT2D eigenvalue weighted by Gasteiger charge is 2.20. The van der Waals surface area contributed by atoms with Crippen LogP contribution in [0.25, 0.3) is 0 Å². The molecule has 2 atom stereocenters. The summed E-state index contributed by atoms with van der Waals surface area (Å²) in [6.45, 7) is 3.52. The van der Waals surface area contributed by atoms with Gasteiger partial charge in [-0.15, -0.1) is 0 Å². The highest BCUT2D eigenvalue weighted by Crippen LogP contribution is 2.33. The van der Waals surface area contributed by atoms with Gasteiger partial charge in [-0.1, -0.05) is 19.4 Å². The molecule has 1 heterocycles. The van der Waals surface area contributed by atoms with Crippen LogP contribution in [0.1, 0.15) is 37.8 Å². The number of ether oxygens (including phenoxy) is 3. The van der Waals surface area contributed by atoms with Crippen molar-refractivity contribution in [3.05, 3.63) is 23.8 Å². The van der Waals surface area contributed by atoms with Crippen LogP contribution in [0.5, 0.6) is 11.5 Å². The fourth-order valence-electron chi connectivity index (χ4n) is 2.33. The molecule has 1 aromatic carbocycles. The SMILES string of the molecule is CCCC(OC)C(N)c1ccc2c(c1)OCCCO2. The molecular weight excluding hydrogens is 242 g/mol. The van der Waals surface area contributed by atoms with Crippen LogP contribution >= 0.6 is 0 Å². The summed E-state index contributed by atoms with van der Waals surface area (Å²) in [6.07, 6.45) is 2.95. The molecule has 106 valence electrons. The fourth-order valence-corrected chi connectivity index (χ4v) is 2.33. The second-order valence-corrected chi connectivity index (χ2v) is 4.85. The Kier molecular flexibility index (Phi) is 5.05. The molecule has 0 saturated carbocycles. The van der Waals surface area contributed by atoms with Crippen LogP contribution in [0.4, 0.5) is 0 Å². The van der Waals surface area contributed by atoms with Crippen molar-refractivity contribution in [2.24, 2.45) is 5.73 Å². The van der Waals surface area contributed by atoms with Crippen molar-refractivity contribution in [3.8, 4) is 11.5 Å². The maximum absolute atomic E-state index is 6.29. The third kappa shape index (κ3) is 3.39. The third-order valence-corrected chi connectivity index (χ3v) is 3.43. The first kappa shape index (κ1) is 14.2. The molecule has 4 nitrogen and oxygen atoms in total. The monoisotopic (exact) mass is 265 g/mol. The molecular formula is C15H23NO3. The predicted octanol–water partition coefficient (Wildman–Crippen LogP) is 2.66. The van der Waals surface area contributed by atoms with Gasteiger partial charge in [0.2, 0.25) is 0 Å². The summed E-state index contributed by atoms with van der Waals surface area (Å²) in [7, 11) is 1.71. The van der Waals surface area contributed by atoms with E-state index >= 15 is 0 Å². The van der Waals surface area contributed by atoms with Crippen molar-refractivity contribution in [1.29, 1.82) is 0 Å². The predicted molar refractivity (Wildman–Crippen MR) is 74.7 cm³/mol. The van der Waals surface area contributed by atoms with E-state index in [1.807, 2.05) is 18.2 Å². The van der Waals surface area contributed by atoms with Crippen LogP contribution in [-0.2, 0) is 4.74 Å². The van der Waals surface area contributed by atoms with Crippen molar-refractivity contribution < 1.29 is 14.2 Å². The van der Waals surface area contributed by atoms with Crippen molar-refractivity contribution in [2.75, 3.05) is 20.3 Å². The lowest BCUT2D eigenvalue weighted by Gasteiger charge is -2.23. The highest BCUT2D eigenvalue weighted by molar-refractivity contribution is 5.44. The van der Waals surface area contributed by atoms with Gasteiger partial charge in [-0.25, -0.2) is 0 Å². The minimum Gasteiger partial charge on any atom is -0.490 e. The first-order valence-electron chi connectivity index (χ1n) is 6.94. The molecule has 0 aromatic heterocycles. The smallest absolute Gasteiger partial charge is 0.161 e. The molecule has 0 radical (unpaired) electrons. The Bertz CT molecular complexity index is 408. The second kappa shape index (κ2) is 6.78. The van der Waals surface area contributed by atoms with E-state index in [1.165, 1.54) is 0 Å². The Morgan fingerprint density at radius 2 is 2.00 bits per heavy atom. The lowest BCUT2D eigenvalue weighted by Crippen LogP contribution is -2.28. The van der Waals surface area contributed by atoms with Gasteiger partial charge in [-0.2, -0.15) is 0 Å². The summed E-state index contributed by atoms with van der Waals surface area (Å²) in [6, 6.07) is 5.78. The topological polar surface area (TPSA) is 53.7 Å². The van der Waals surface area contributed by atoms with Gasteiger partial charge in [0.05, 0.1) is 25.4 Å². The number of nitrogens with two attached hydrogens (primary N) is 1. The van der Waals surface area contributed by atoms with E-state index in [0.717, 1.165) is 36.3 Å². The Balaban J connectivity index is 2.18. The number of fused-ring (bicyclic) bond motifs is 1. The van der Waals surface area contributed by atoms with E-state index < -0.39 is 0 Å². The van der Waals surface area contributed by atoms with Gasteiger partial charge in [0.15, 0.2) is 11.5 Å². The lowest BCUT2D eigenvalue weighted by atomic mass is 9.98. The average Bonchev–Trinajstić information content (AvgIpc) is 2.68. The third-order valence-electron chi connectivity index (χ3n) is 3.43. The summed E-state index contributed by atoms with van der Waals surface area (Å²) in [5.74, 6) is 1.59. The molecule has 2 rings (SSSR count). The zero-order chi connectivity index (χ0) is 13.7. The van der Waals surface area contributed by atoms with Gasteiger partial charge in [0.25, 0.3) is 0 Å². The number of benzene rings is 1. The first-order chi connectivity index (χ1) is 9.26. The molecule has 0 bridgehead atoms. The molecule has 0 aliphatic carbocycles. The maximum atomic E-state index is 6.29. The molecule has 1 aliphatic rings. The Morgan fingerprint density at radius 3 is 2.68 bits per heavy atom. The molecule has 0 fully saturated rings. The van der Waals surface area contributed by atoms with Gasteiger partial charge < -0.3 is 19.9 Å². The molecule has 19 heavy (non-hydrogen) atoms. The minimum absolute atomic E-state index is 0.0368. The highest BCUT2D eigenvalue weighted by atomic mass is 16.5. The van der Waals surface area contributed by atoms with E-state index in [4.69, 9.17) is 19.9 Å². The van der Waals surface area contributed by atoms with Crippen molar-refractivity contribution in [2.45, 2.75) is 38.3 Å². The molecule has 1 aliphatic heterocycles. The minimum atomic E-state index is -0.137. The summed E-state index contributed by atoms with van der Waals surface area (Å²) in [5, 5.41) is 0. The zero-order valence-electron chi connectivity index (χ0n) is 11.7. The molecule has 2 unspecified atom stereocenters. The van der Waals surface area contributed by atoms with E-state index in [2.05, 4.69) is 6.92 Å². The van der Waals surface area contributed by atoms with Crippen LogP contribution in [0, 0.1) is 0 Å². The summed E-state index contributed by atoms with van der Waals surface area (Å²) >= 11 is 0. The average molecular weight is 265 g/mol. The van der Waals surface area contributed by atoms with Crippen LogP contribution in [0.2, 0.25) is 0 Å². The van der Waals surface area contributed by atoms with Crippen LogP contribution in [0.3, 0.4) is 0 Å². The number of rotatable bonds is 5. The van der Waals surface area contributed by atoms with E-state index in [9.17, 15) is 0 Å². The molecule has 2 N–H and O–H groups in total. The fraction of sp³-hybridized carbons (Fsp3) is 0.600. The quantitative estimate of drug-likeness (QED) is 0.889. The van der Waals surface area contributed by atoms with Crippen LogP contribution < -0.4 is 15.2 Å². The summed E-state index contributed by atoms with van der Waals surface area (Å²) in [4.78, 5) is 0. The second-order valence-electron chi connectivity index (χ2n) is 4.85. The van der Waals surface area contributed by atoms with Gasteiger partial charge >= 0.3 is 0 Å². The van der Waals surface area contributed by atoms with Gasteiger partial charge in [0.1, 0.15) is 0 Å². The normalized spacial score (nSPS) is 17.6. The Morgan fingerprint density at radius 1 is 1.26 bits per heavy atom. The van der Waals surface area contributed by atoms with E-state index in [0.29, 0.717) is 13.2 Å². The number of hydrogen-bond donors (Lipinski definition) is 1. The first-order valence-corrected chi connectivity index (χ1v) is 6.94.